The Kier molecular flexibility index (Phi) is 3.50. The molecule has 0 amide bonds. The molecule has 0 aromatic heterocycles. The second-order valence-electron chi connectivity index (χ2n) is 6.57. The van der Waals surface area contributed by atoms with Crippen LogP contribution in [0.25, 0.3) is 0 Å². The topological polar surface area (TPSA) is 52.7 Å². The molecule has 1 aromatic rings. The molecule has 0 saturated carbocycles. The summed E-state index contributed by atoms with van der Waals surface area (Å²) >= 11 is 0. The molecule has 2 aliphatic heterocycles. The zero-order valence-electron chi connectivity index (χ0n) is 12.9. The number of hydrogen-bond donors (Lipinski definition) is 1. The van der Waals surface area contributed by atoms with E-state index in [9.17, 15) is 8.42 Å². The molecule has 0 atom stereocenters. The Hall–Kier alpha value is -1.11. The molecule has 1 saturated heterocycles. The van der Waals surface area contributed by atoms with Gasteiger partial charge in [0.15, 0.2) is 0 Å². The molecule has 21 heavy (non-hydrogen) atoms. The van der Waals surface area contributed by atoms with Gasteiger partial charge in [0, 0.05) is 37.4 Å². The van der Waals surface area contributed by atoms with Gasteiger partial charge in [0.1, 0.15) is 0 Å². The fraction of sp³-hybridized carbons (Fsp3) is 0.600. The smallest absolute Gasteiger partial charge is 0.243 e. The molecule has 116 valence electrons. The van der Waals surface area contributed by atoms with Gasteiger partial charge < -0.3 is 5.32 Å². The van der Waals surface area contributed by atoms with Crippen LogP contribution in [-0.2, 0) is 16.4 Å². The third-order valence-electron chi connectivity index (χ3n) is 4.71. The molecule has 0 bridgehead atoms. The van der Waals surface area contributed by atoms with Crippen molar-refractivity contribution in [3.63, 3.8) is 0 Å². The highest BCUT2D eigenvalue weighted by molar-refractivity contribution is 7.89. The van der Waals surface area contributed by atoms with Crippen molar-refractivity contribution in [3.8, 4) is 0 Å². The minimum atomic E-state index is -3.40. The van der Waals surface area contributed by atoms with Crippen LogP contribution in [0.2, 0.25) is 0 Å². The van der Waals surface area contributed by atoms with Crippen LogP contribution in [0.3, 0.4) is 0 Å². The molecular formula is C15H23N3O2S. The number of hydrogen-bond acceptors (Lipinski definition) is 4. The first kappa shape index (κ1) is 14.8. The van der Waals surface area contributed by atoms with E-state index in [1.807, 2.05) is 19.2 Å². The predicted octanol–water partition coefficient (Wildman–Crippen LogP) is 1.37. The van der Waals surface area contributed by atoms with Gasteiger partial charge in [0.05, 0.1) is 4.90 Å². The molecule has 6 heteroatoms. The summed E-state index contributed by atoms with van der Waals surface area (Å²) in [6.45, 7) is 6.90. The number of benzene rings is 1. The number of nitrogens with zero attached hydrogens (tertiary/aromatic N) is 2. The van der Waals surface area contributed by atoms with Crippen molar-refractivity contribution >= 4 is 15.7 Å². The highest BCUT2D eigenvalue weighted by Gasteiger charge is 2.37. The van der Waals surface area contributed by atoms with E-state index < -0.39 is 10.0 Å². The Bertz CT molecular complexity index is 655. The summed E-state index contributed by atoms with van der Waals surface area (Å²) in [5.41, 5.74) is 2.03. The lowest BCUT2D eigenvalue weighted by atomic mass is 10.0. The van der Waals surface area contributed by atoms with Gasteiger partial charge in [-0.3, -0.25) is 4.90 Å². The number of anilines is 1. The second-order valence-corrected chi connectivity index (χ2v) is 8.51. The zero-order chi connectivity index (χ0) is 15.3. The summed E-state index contributed by atoms with van der Waals surface area (Å²) < 4.78 is 27.4. The van der Waals surface area contributed by atoms with Crippen LogP contribution >= 0.6 is 0 Å². The van der Waals surface area contributed by atoms with Gasteiger partial charge in [-0.05, 0) is 51.1 Å². The molecule has 1 aromatic carbocycles. The van der Waals surface area contributed by atoms with Crippen LogP contribution in [0.4, 0.5) is 5.69 Å². The van der Waals surface area contributed by atoms with Crippen molar-refractivity contribution in [1.29, 1.82) is 0 Å². The number of rotatable bonds is 2. The summed E-state index contributed by atoms with van der Waals surface area (Å²) in [5.74, 6) is 0. The lowest BCUT2D eigenvalue weighted by Crippen LogP contribution is -2.58. The molecule has 1 N–H and O–H groups in total. The van der Waals surface area contributed by atoms with Gasteiger partial charge >= 0.3 is 0 Å². The number of likely N-dealkylation sites (N-methyl/N-ethyl adjacent to an activating group) is 1. The third kappa shape index (κ3) is 2.56. The summed E-state index contributed by atoms with van der Waals surface area (Å²) in [7, 11) is -1.35. The van der Waals surface area contributed by atoms with Gasteiger partial charge in [-0.25, -0.2) is 8.42 Å². The lowest BCUT2D eigenvalue weighted by molar-refractivity contribution is 0.0801. The SMILES string of the molecule is CN1CCN(S(=O)(=O)c2ccc3c(c2)CCN3)CC1(C)C. The predicted molar refractivity (Wildman–Crippen MR) is 84.1 cm³/mol. The number of fused-ring (bicyclic) bond motifs is 1. The molecule has 1 fully saturated rings. The Morgan fingerprint density at radius 3 is 2.71 bits per heavy atom. The molecule has 3 rings (SSSR count). The Balaban J connectivity index is 1.90. The van der Waals surface area contributed by atoms with E-state index in [0.29, 0.717) is 18.0 Å². The van der Waals surface area contributed by atoms with Gasteiger partial charge in [-0.15, -0.1) is 0 Å². The van der Waals surface area contributed by atoms with Crippen LogP contribution < -0.4 is 5.32 Å². The monoisotopic (exact) mass is 309 g/mol. The maximum absolute atomic E-state index is 12.9. The highest BCUT2D eigenvalue weighted by atomic mass is 32.2. The van der Waals surface area contributed by atoms with Crippen molar-refractivity contribution in [2.75, 3.05) is 38.5 Å². The average molecular weight is 309 g/mol. The summed E-state index contributed by atoms with van der Waals surface area (Å²) in [5, 5.41) is 3.26. The standard InChI is InChI=1S/C15H23N3O2S/c1-15(2)11-18(9-8-17(15)3)21(19,20)13-4-5-14-12(10-13)6-7-16-14/h4-5,10,16H,6-9,11H2,1-3H3. The number of nitrogens with one attached hydrogen (secondary N) is 1. The Morgan fingerprint density at radius 2 is 2.00 bits per heavy atom. The Labute approximate surface area is 127 Å². The van der Waals surface area contributed by atoms with Crippen LogP contribution in [0.15, 0.2) is 23.1 Å². The normalized spacial score (nSPS) is 22.8. The third-order valence-corrected chi connectivity index (χ3v) is 6.55. The first-order valence-corrected chi connectivity index (χ1v) is 8.83. The van der Waals surface area contributed by atoms with Crippen LogP contribution in [-0.4, -0.2) is 56.4 Å². The minimum Gasteiger partial charge on any atom is -0.384 e. The quantitative estimate of drug-likeness (QED) is 0.896. The van der Waals surface area contributed by atoms with Crippen LogP contribution in [0, 0.1) is 0 Å². The van der Waals surface area contributed by atoms with E-state index in [2.05, 4.69) is 24.1 Å². The molecule has 2 aliphatic rings. The van der Waals surface area contributed by atoms with E-state index in [0.717, 1.165) is 30.8 Å². The van der Waals surface area contributed by atoms with E-state index in [4.69, 9.17) is 0 Å². The average Bonchev–Trinajstić information content (AvgIpc) is 2.88. The number of piperazine rings is 1. The summed E-state index contributed by atoms with van der Waals surface area (Å²) in [6.07, 6.45) is 0.896. The van der Waals surface area contributed by atoms with Crippen LogP contribution in [0.1, 0.15) is 19.4 Å². The van der Waals surface area contributed by atoms with Crippen molar-refractivity contribution in [1.82, 2.24) is 9.21 Å². The first-order valence-electron chi connectivity index (χ1n) is 7.39. The molecular weight excluding hydrogens is 286 g/mol. The van der Waals surface area contributed by atoms with E-state index >= 15 is 0 Å². The summed E-state index contributed by atoms with van der Waals surface area (Å²) in [4.78, 5) is 2.64. The summed E-state index contributed by atoms with van der Waals surface area (Å²) in [6, 6.07) is 5.43. The van der Waals surface area contributed by atoms with E-state index in [1.54, 1.807) is 10.4 Å². The first-order chi connectivity index (χ1) is 9.80. The molecule has 5 nitrogen and oxygen atoms in total. The van der Waals surface area contributed by atoms with Gasteiger partial charge in [0.2, 0.25) is 10.0 Å². The maximum Gasteiger partial charge on any atom is 0.243 e. The number of sulfonamides is 1. The molecule has 0 radical (unpaired) electrons. The largest absolute Gasteiger partial charge is 0.384 e. The van der Waals surface area contributed by atoms with Crippen molar-refractivity contribution in [2.45, 2.75) is 30.7 Å². The van der Waals surface area contributed by atoms with E-state index in [-0.39, 0.29) is 5.54 Å². The molecule has 0 spiro atoms. The molecule has 0 unspecified atom stereocenters. The minimum absolute atomic E-state index is 0.135. The van der Waals surface area contributed by atoms with Crippen molar-refractivity contribution in [2.24, 2.45) is 0 Å². The van der Waals surface area contributed by atoms with Crippen LogP contribution in [0.5, 0.6) is 0 Å². The van der Waals surface area contributed by atoms with E-state index in [1.165, 1.54) is 0 Å². The van der Waals surface area contributed by atoms with Crippen molar-refractivity contribution in [3.05, 3.63) is 23.8 Å². The van der Waals surface area contributed by atoms with Gasteiger partial charge in [0.25, 0.3) is 0 Å². The zero-order valence-corrected chi connectivity index (χ0v) is 13.7. The lowest BCUT2D eigenvalue weighted by Gasteiger charge is -2.44. The highest BCUT2D eigenvalue weighted by Crippen LogP contribution is 2.29. The van der Waals surface area contributed by atoms with Gasteiger partial charge in [-0.1, -0.05) is 0 Å². The fourth-order valence-electron chi connectivity index (χ4n) is 2.99. The second kappa shape index (κ2) is 4.97. The molecule has 2 heterocycles. The van der Waals surface area contributed by atoms with Gasteiger partial charge in [-0.2, -0.15) is 4.31 Å². The van der Waals surface area contributed by atoms with Crippen molar-refractivity contribution < 1.29 is 8.42 Å². The Morgan fingerprint density at radius 1 is 1.24 bits per heavy atom. The molecule has 0 aliphatic carbocycles. The maximum atomic E-state index is 12.9. The fourth-order valence-corrected chi connectivity index (χ4v) is 4.63.